The lowest BCUT2D eigenvalue weighted by molar-refractivity contribution is -0.137. The molecule has 3 rings (SSSR count). The lowest BCUT2D eigenvalue weighted by Gasteiger charge is -2.16. The first kappa shape index (κ1) is 19.9. The largest absolute Gasteiger partial charge is 0.435 e. The number of Topliss-reactive ketones (excluding diaryl/α,β-unsaturated/α-hetero) is 1. The molecule has 0 saturated heterocycles. The highest BCUT2D eigenvalue weighted by atomic mass is 19.1. The monoisotopic (exact) mass is 395 g/mol. The van der Waals surface area contributed by atoms with Gasteiger partial charge in [0.25, 0.3) is 11.8 Å². The Labute approximate surface area is 165 Å². The van der Waals surface area contributed by atoms with E-state index in [0.717, 1.165) is 5.56 Å². The van der Waals surface area contributed by atoms with Crippen molar-refractivity contribution >= 4 is 17.6 Å². The molecule has 0 unspecified atom stereocenters. The Bertz CT molecular complexity index is 1060. The highest BCUT2D eigenvalue weighted by Gasteiger charge is 2.29. The summed E-state index contributed by atoms with van der Waals surface area (Å²) in [5, 5.41) is 2.46. The van der Waals surface area contributed by atoms with Gasteiger partial charge in [0.2, 0.25) is 11.5 Å². The Morgan fingerprint density at radius 3 is 2.41 bits per heavy atom. The van der Waals surface area contributed by atoms with Crippen molar-refractivity contribution in [2.24, 2.45) is 5.73 Å². The molecule has 0 bridgehead atoms. The average molecular weight is 395 g/mol. The number of nitrogens with one attached hydrogen (secondary N) is 1. The molecule has 148 valence electrons. The molecule has 1 aromatic heterocycles. The van der Waals surface area contributed by atoms with Crippen LogP contribution in [0.15, 0.2) is 59.0 Å². The van der Waals surface area contributed by atoms with Gasteiger partial charge in [0.15, 0.2) is 5.89 Å². The number of benzene rings is 2. The molecule has 1 heterocycles. The van der Waals surface area contributed by atoms with Crippen molar-refractivity contribution in [2.45, 2.75) is 19.4 Å². The van der Waals surface area contributed by atoms with Crippen LogP contribution in [-0.4, -0.2) is 28.6 Å². The Hall–Kier alpha value is -3.81. The Morgan fingerprint density at radius 2 is 1.76 bits per heavy atom. The van der Waals surface area contributed by atoms with E-state index in [2.05, 4.69) is 10.3 Å². The summed E-state index contributed by atoms with van der Waals surface area (Å²) in [5.74, 6) is -3.62. The minimum Gasteiger partial charge on any atom is -0.435 e. The van der Waals surface area contributed by atoms with Crippen LogP contribution in [-0.2, 0) is 16.0 Å². The number of oxazole rings is 1. The van der Waals surface area contributed by atoms with Crippen LogP contribution >= 0.6 is 0 Å². The second kappa shape index (κ2) is 8.47. The first-order chi connectivity index (χ1) is 13.9. The lowest BCUT2D eigenvalue weighted by Crippen LogP contribution is -2.47. The number of carbonyl (C=O) groups is 3. The number of amides is 2. The number of nitrogens with two attached hydrogens (primary N) is 1. The zero-order chi connectivity index (χ0) is 21.0. The van der Waals surface area contributed by atoms with Crippen molar-refractivity contribution in [1.29, 1.82) is 0 Å². The maximum absolute atomic E-state index is 14.2. The first-order valence-electron chi connectivity index (χ1n) is 8.77. The normalized spacial score (nSPS) is 11.7. The summed E-state index contributed by atoms with van der Waals surface area (Å²) < 4.78 is 19.5. The number of aryl methyl sites for hydroxylation is 1. The molecule has 3 N–H and O–H groups in total. The number of halogens is 1. The second-order valence-corrected chi connectivity index (χ2v) is 6.33. The molecule has 8 heteroatoms. The molecule has 0 aliphatic rings. The van der Waals surface area contributed by atoms with Crippen LogP contribution in [0.2, 0.25) is 0 Å². The van der Waals surface area contributed by atoms with E-state index < -0.39 is 29.5 Å². The fourth-order valence-electron chi connectivity index (χ4n) is 2.87. The van der Waals surface area contributed by atoms with E-state index in [1.54, 1.807) is 36.4 Å². The van der Waals surface area contributed by atoms with Crippen molar-refractivity contribution in [1.82, 2.24) is 10.3 Å². The number of ketones is 1. The summed E-state index contributed by atoms with van der Waals surface area (Å²) in [4.78, 5) is 40.6. The summed E-state index contributed by atoms with van der Waals surface area (Å²) in [6, 6.07) is 13.4. The number of carbonyl (C=O) groups excluding carboxylic acids is 3. The van der Waals surface area contributed by atoms with Crippen LogP contribution < -0.4 is 11.1 Å². The predicted octanol–water partition coefficient (Wildman–Crippen LogP) is 2.18. The number of aromatic nitrogens is 1. The molecule has 7 nitrogen and oxygen atoms in total. The summed E-state index contributed by atoms with van der Waals surface area (Å²) >= 11 is 0. The maximum atomic E-state index is 14.2. The minimum atomic E-state index is -1.21. The van der Waals surface area contributed by atoms with E-state index in [1.807, 2.05) is 0 Å². The predicted molar refractivity (Wildman–Crippen MR) is 102 cm³/mol. The fraction of sp³-hybridized carbons (Fsp3) is 0.143. The summed E-state index contributed by atoms with van der Waals surface area (Å²) in [5.41, 5.74) is 5.92. The van der Waals surface area contributed by atoms with Gasteiger partial charge in [-0.2, -0.15) is 0 Å². The Kier molecular flexibility index (Phi) is 5.82. The molecule has 0 radical (unpaired) electrons. The van der Waals surface area contributed by atoms with E-state index in [9.17, 15) is 18.8 Å². The number of rotatable bonds is 7. The fourth-order valence-corrected chi connectivity index (χ4v) is 2.87. The van der Waals surface area contributed by atoms with Gasteiger partial charge < -0.3 is 15.5 Å². The number of hydrogen-bond acceptors (Lipinski definition) is 5. The van der Waals surface area contributed by atoms with E-state index in [0.29, 0.717) is 0 Å². The third kappa shape index (κ3) is 4.55. The van der Waals surface area contributed by atoms with E-state index in [1.165, 1.54) is 25.1 Å². The van der Waals surface area contributed by atoms with Gasteiger partial charge in [-0.3, -0.25) is 14.4 Å². The molecule has 2 amide bonds. The maximum Gasteiger partial charge on any atom is 0.290 e. The molecule has 2 aromatic carbocycles. The second-order valence-electron chi connectivity index (χ2n) is 6.33. The smallest absolute Gasteiger partial charge is 0.290 e. The van der Waals surface area contributed by atoms with Gasteiger partial charge in [-0.05, 0) is 17.7 Å². The van der Waals surface area contributed by atoms with Crippen LogP contribution in [0.25, 0.3) is 11.3 Å². The highest BCUT2D eigenvalue weighted by Crippen LogP contribution is 2.26. The Morgan fingerprint density at radius 1 is 1.10 bits per heavy atom. The molecule has 1 atom stereocenters. The van der Waals surface area contributed by atoms with Gasteiger partial charge in [0.1, 0.15) is 17.6 Å². The summed E-state index contributed by atoms with van der Waals surface area (Å²) in [6.45, 7) is 1.51. The minimum absolute atomic E-state index is 0.00286. The van der Waals surface area contributed by atoms with Crippen LogP contribution in [0.1, 0.15) is 22.0 Å². The third-order valence-electron chi connectivity index (χ3n) is 4.22. The molecular formula is C21H18FN3O4. The molecule has 0 saturated carbocycles. The third-order valence-corrected chi connectivity index (χ3v) is 4.22. The average Bonchev–Trinajstić information content (AvgIpc) is 3.09. The first-order valence-corrected chi connectivity index (χ1v) is 8.77. The Balaban J connectivity index is 1.91. The molecular weight excluding hydrogens is 377 g/mol. The zero-order valence-electron chi connectivity index (χ0n) is 15.5. The topological polar surface area (TPSA) is 115 Å². The van der Waals surface area contributed by atoms with Gasteiger partial charge >= 0.3 is 0 Å². The van der Waals surface area contributed by atoms with Gasteiger partial charge in [0.05, 0.1) is 0 Å². The van der Waals surface area contributed by atoms with E-state index >= 15 is 0 Å². The quantitative estimate of drug-likeness (QED) is 0.595. The van der Waals surface area contributed by atoms with Crippen LogP contribution in [0.3, 0.4) is 0 Å². The number of primary amides is 1. The van der Waals surface area contributed by atoms with Crippen molar-refractivity contribution < 1.29 is 23.2 Å². The van der Waals surface area contributed by atoms with Crippen LogP contribution in [0.5, 0.6) is 0 Å². The molecule has 0 spiro atoms. The van der Waals surface area contributed by atoms with Crippen LogP contribution in [0, 0.1) is 12.7 Å². The van der Waals surface area contributed by atoms with Gasteiger partial charge in [-0.15, -0.1) is 0 Å². The molecule has 29 heavy (non-hydrogen) atoms. The number of nitrogens with zero attached hydrogens (tertiary/aromatic N) is 1. The van der Waals surface area contributed by atoms with Crippen molar-refractivity contribution in [3.05, 3.63) is 77.6 Å². The summed E-state index contributed by atoms with van der Waals surface area (Å²) in [6.07, 6.45) is 0.0521. The lowest BCUT2D eigenvalue weighted by atomic mass is 10.0. The van der Waals surface area contributed by atoms with Gasteiger partial charge in [0, 0.05) is 18.9 Å². The highest BCUT2D eigenvalue weighted by molar-refractivity contribution is 6.38. The molecule has 3 aromatic rings. The van der Waals surface area contributed by atoms with Crippen molar-refractivity contribution in [3.8, 4) is 11.3 Å². The number of hydrogen-bond donors (Lipinski definition) is 2. The standard InChI is InChI=1S/C21H18FN3O4/c1-12-24-17(14-9-5-6-10-15(14)22)19(29-12)21(28)25-16(18(26)20(23)27)11-13-7-3-2-4-8-13/h2-10,16H,11H2,1H3,(H2,23,27)(H,25,28)/t16-/m0/s1. The van der Waals surface area contributed by atoms with Crippen LogP contribution in [0.4, 0.5) is 4.39 Å². The van der Waals surface area contributed by atoms with Gasteiger partial charge in [-0.25, -0.2) is 9.37 Å². The SMILES string of the molecule is Cc1nc(-c2ccccc2F)c(C(=O)N[C@@H](Cc2ccccc2)C(=O)C(N)=O)o1. The van der Waals surface area contributed by atoms with Gasteiger partial charge in [-0.1, -0.05) is 42.5 Å². The molecule has 0 aliphatic heterocycles. The van der Waals surface area contributed by atoms with Crippen molar-refractivity contribution in [2.75, 3.05) is 0 Å². The summed E-state index contributed by atoms with van der Waals surface area (Å²) in [7, 11) is 0. The van der Waals surface area contributed by atoms with E-state index in [-0.39, 0.29) is 29.3 Å². The van der Waals surface area contributed by atoms with E-state index in [4.69, 9.17) is 10.2 Å². The molecule has 0 aliphatic carbocycles. The zero-order valence-corrected chi connectivity index (χ0v) is 15.5. The molecule has 0 fully saturated rings. The van der Waals surface area contributed by atoms with Crippen molar-refractivity contribution in [3.63, 3.8) is 0 Å².